The number of furan rings is 1. The number of hydrogen-bond donors (Lipinski definition) is 2. The van der Waals surface area contributed by atoms with E-state index < -0.39 is 10.0 Å². The number of sulfonamides is 1. The van der Waals surface area contributed by atoms with Gasteiger partial charge in [-0.2, -0.15) is 0 Å². The highest BCUT2D eigenvalue weighted by atomic mass is 79.9. The lowest BCUT2D eigenvalue weighted by molar-refractivity contribution is 0.470. The number of nitrogens with one attached hydrogen (secondary N) is 2. The van der Waals surface area contributed by atoms with Crippen LogP contribution in [0.25, 0.3) is 0 Å². The second kappa shape index (κ2) is 5.77. The number of rotatable bonds is 5. The van der Waals surface area contributed by atoms with Crippen molar-refractivity contribution in [3.05, 3.63) is 46.8 Å². The zero-order valence-electron chi connectivity index (χ0n) is 10.2. The smallest absolute Gasteiger partial charge is 0.266 e. The summed E-state index contributed by atoms with van der Waals surface area (Å²) in [6.07, 6.45) is 0. The molecular weight excluding hydrogens is 332 g/mol. The molecule has 2 aromatic rings. The van der Waals surface area contributed by atoms with Gasteiger partial charge in [-0.15, -0.1) is 0 Å². The minimum atomic E-state index is -3.66. The van der Waals surface area contributed by atoms with Gasteiger partial charge in [-0.25, -0.2) is 8.42 Å². The van der Waals surface area contributed by atoms with Crippen LogP contribution in [0.1, 0.15) is 5.76 Å². The van der Waals surface area contributed by atoms with Gasteiger partial charge in [-0.1, -0.05) is 18.2 Å². The molecule has 5 nitrogen and oxygen atoms in total. The van der Waals surface area contributed by atoms with Crippen molar-refractivity contribution in [3.8, 4) is 0 Å². The summed E-state index contributed by atoms with van der Waals surface area (Å²) in [5.74, 6) is 0.544. The minimum absolute atomic E-state index is 0.0848. The lowest BCUT2D eigenvalue weighted by atomic mass is 10.3. The van der Waals surface area contributed by atoms with Gasteiger partial charge in [0, 0.05) is 11.8 Å². The van der Waals surface area contributed by atoms with Crippen molar-refractivity contribution in [1.82, 2.24) is 5.32 Å². The predicted molar refractivity (Wildman–Crippen MR) is 76.4 cm³/mol. The van der Waals surface area contributed by atoms with E-state index in [1.54, 1.807) is 31.3 Å². The van der Waals surface area contributed by atoms with Gasteiger partial charge in [0.15, 0.2) is 4.67 Å². The third-order valence-corrected chi connectivity index (χ3v) is 4.61. The average molecular weight is 345 g/mol. The Morgan fingerprint density at radius 1 is 1.26 bits per heavy atom. The number of hydrogen-bond acceptors (Lipinski definition) is 4. The monoisotopic (exact) mass is 344 g/mol. The maximum absolute atomic E-state index is 12.2. The maximum atomic E-state index is 12.2. The summed E-state index contributed by atoms with van der Waals surface area (Å²) in [4.78, 5) is 0.0848. The SMILES string of the molecule is CNCc1cc(S(=O)(=O)Nc2ccccc2)c(Br)o1. The van der Waals surface area contributed by atoms with Crippen molar-refractivity contribution in [1.29, 1.82) is 0 Å². The molecule has 19 heavy (non-hydrogen) atoms. The van der Waals surface area contributed by atoms with Crippen LogP contribution < -0.4 is 10.0 Å². The molecule has 0 bridgehead atoms. The molecule has 0 fully saturated rings. The van der Waals surface area contributed by atoms with Crippen LogP contribution in [0.3, 0.4) is 0 Å². The van der Waals surface area contributed by atoms with Gasteiger partial charge in [0.25, 0.3) is 10.0 Å². The number of para-hydroxylation sites is 1. The summed E-state index contributed by atoms with van der Waals surface area (Å²) in [7, 11) is -1.90. The van der Waals surface area contributed by atoms with E-state index in [0.29, 0.717) is 18.0 Å². The van der Waals surface area contributed by atoms with Crippen molar-refractivity contribution in [2.45, 2.75) is 11.4 Å². The maximum Gasteiger partial charge on any atom is 0.266 e. The van der Waals surface area contributed by atoms with Gasteiger partial charge in [-0.3, -0.25) is 4.72 Å². The molecule has 2 N–H and O–H groups in total. The Labute approximate surface area is 120 Å². The zero-order valence-corrected chi connectivity index (χ0v) is 12.6. The van der Waals surface area contributed by atoms with Crippen LogP contribution in [0, 0.1) is 0 Å². The lowest BCUT2D eigenvalue weighted by Crippen LogP contribution is -2.12. The Balaban J connectivity index is 2.29. The van der Waals surface area contributed by atoms with Gasteiger partial charge < -0.3 is 9.73 Å². The second-order valence-corrected chi connectivity index (χ2v) is 6.22. The molecule has 0 aliphatic carbocycles. The summed E-state index contributed by atoms with van der Waals surface area (Å²) < 4.78 is 32.4. The van der Waals surface area contributed by atoms with Crippen LogP contribution in [0.15, 0.2) is 50.4 Å². The molecule has 0 saturated carbocycles. The molecule has 1 heterocycles. The first-order chi connectivity index (χ1) is 9.03. The highest BCUT2D eigenvalue weighted by Gasteiger charge is 2.22. The van der Waals surface area contributed by atoms with Crippen LogP contribution in [-0.4, -0.2) is 15.5 Å². The zero-order chi connectivity index (χ0) is 13.9. The van der Waals surface area contributed by atoms with E-state index in [1.807, 2.05) is 6.07 Å². The fourth-order valence-electron chi connectivity index (χ4n) is 1.56. The van der Waals surface area contributed by atoms with Crippen LogP contribution in [0.5, 0.6) is 0 Å². The summed E-state index contributed by atoms with van der Waals surface area (Å²) in [5.41, 5.74) is 0.505. The fourth-order valence-corrected chi connectivity index (χ4v) is 3.62. The summed E-state index contributed by atoms with van der Waals surface area (Å²) >= 11 is 3.12. The Morgan fingerprint density at radius 2 is 1.95 bits per heavy atom. The third kappa shape index (κ3) is 3.37. The Morgan fingerprint density at radius 3 is 2.58 bits per heavy atom. The van der Waals surface area contributed by atoms with E-state index >= 15 is 0 Å². The molecule has 1 aromatic heterocycles. The minimum Gasteiger partial charge on any atom is -0.451 e. The van der Waals surface area contributed by atoms with Crippen molar-refractivity contribution in [2.24, 2.45) is 0 Å². The largest absolute Gasteiger partial charge is 0.451 e. The summed E-state index contributed by atoms with van der Waals surface area (Å²) in [6.45, 7) is 0.458. The van der Waals surface area contributed by atoms with Crippen molar-refractivity contribution in [2.75, 3.05) is 11.8 Å². The highest BCUT2D eigenvalue weighted by Crippen LogP contribution is 2.27. The van der Waals surface area contributed by atoms with Crippen molar-refractivity contribution >= 4 is 31.6 Å². The molecule has 0 amide bonds. The van der Waals surface area contributed by atoms with Crippen LogP contribution in [-0.2, 0) is 16.6 Å². The van der Waals surface area contributed by atoms with Gasteiger partial charge in [0.1, 0.15) is 10.7 Å². The van der Waals surface area contributed by atoms with E-state index in [9.17, 15) is 8.42 Å². The normalized spacial score (nSPS) is 11.5. The summed E-state index contributed by atoms with van der Waals surface area (Å²) in [6, 6.07) is 10.2. The highest BCUT2D eigenvalue weighted by molar-refractivity contribution is 9.10. The summed E-state index contributed by atoms with van der Waals surface area (Å²) in [5, 5.41) is 2.90. The second-order valence-electron chi connectivity index (χ2n) is 3.85. The molecule has 0 unspecified atom stereocenters. The predicted octanol–water partition coefficient (Wildman–Crippen LogP) is 2.56. The number of benzene rings is 1. The van der Waals surface area contributed by atoms with E-state index in [-0.39, 0.29) is 9.56 Å². The fraction of sp³-hybridized carbons (Fsp3) is 0.167. The van der Waals surface area contributed by atoms with Crippen molar-refractivity contribution in [3.63, 3.8) is 0 Å². The number of halogens is 1. The quantitative estimate of drug-likeness (QED) is 0.874. The molecule has 7 heteroatoms. The standard InChI is InChI=1S/C12H13BrN2O3S/c1-14-8-10-7-11(12(13)18-10)19(16,17)15-9-5-3-2-4-6-9/h2-7,14-15H,8H2,1H3. The van der Waals surface area contributed by atoms with Gasteiger partial charge in [0.05, 0.1) is 6.54 Å². The van der Waals surface area contributed by atoms with Crippen LogP contribution in [0.4, 0.5) is 5.69 Å². The first-order valence-electron chi connectivity index (χ1n) is 5.53. The van der Waals surface area contributed by atoms with Gasteiger partial charge >= 0.3 is 0 Å². The molecule has 2 rings (SSSR count). The van der Waals surface area contributed by atoms with Crippen LogP contribution in [0.2, 0.25) is 0 Å². The molecule has 0 saturated heterocycles. The van der Waals surface area contributed by atoms with Crippen LogP contribution >= 0.6 is 15.9 Å². The first kappa shape index (κ1) is 14.1. The molecule has 0 radical (unpaired) electrons. The molecule has 0 aliphatic heterocycles. The van der Waals surface area contributed by atoms with Crippen molar-refractivity contribution < 1.29 is 12.8 Å². The van der Waals surface area contributed by atoms with Gasteiger partial charge in [0.2, 0.25) is 0 Å². The third-order valence-electron chi connectivity index (χ3n) is 2.37. The Hall–Kier alpha value is -1.31. The molecular formula is C12H13BrN2O3S. The Kier molecular flexibility index (Phi) is 4.28. The topological polar surface area (TPSA) is 71.3 Å². The van der Waals surface area contributed by atoms with E-state index in [0.717, 1.165) is 0 Å². The number of anilines is 1. The molecule has 0 atom stereocenters. The van der Waals surface area contributed by atoms with E-state index in [1.165, 1.54) is 6.07 Å². The molecule has 0 aliphatic rings. The molecule has 1 aromatic carbocycles. The van der Waals surface area contributed by atoms with Gasteiger partial charge in [-0.05, 0) is 35.1 Å². The average Bonchev–Trinajstić information content (AvgIpc) is 2.72. The van der Waals surface area contributed by atoms with E-state index in [4.69, 9.17) is 4.42 Å². The molecule has 0 spiro atoms. The first-order valence-corrected chi connectivity index (χ1v) is 7.81. The van der Waals surface area contributed by atoms with E-state index in [2.05, 4.69) is 26.0 Å². The lowest BCUT2D eigenvalue weighted by Gasteiger charge is -2.05. The Bertz CT molecular complexity index is 653. The molecule has 102 valence electrons.